The predicted octanol–water partition coefficient (Wildman–Crippen LogP) is 2.16. The summed E-state index contributed by atoms with van der Waals surface area (Å²) in [5, 5.41) is 7.60. The number of hydrogen-bond acceptors (Lipinski definition) is 6. The van der Waals surface area contributed by atoms with Gasteiger partial charge in [-0.25, -0.2) is 4.68 Å². The fourth-order valence-electron chi connectivity index (χ4n) is 3.22. The van der Waals surface area contributed by atoms with Gasteiger partial charge in [0.15, 0.2) is 5.69 Å². The summed E-state index contributed by atoms with van der Waals surface area (Å²) in [4.78, 5) is 49.3. The number of carbonyl (C=O) groups is 3. The van der Waals surface area contributed by atoms with Crippen molar-refractivity contribution in [3.8, 4) is 0 Å². The van der Waals surface area contributed by atoms with Crippen molar-refractivity contribution >= 4 is 34.6 Å². The molecule has 10 heteroatoms. The molecule has 3 amide bonds. The molecule has 0 radical (unpaired) electrons. The molecule has 0 aliphatic heterocycles. The molecule has 0 aliphatic carbocycles. The van der Waals surface area contributed by atoms with Gasteiger partial charge >= 0.3 is 0 Å². The van der Waals surface area contributed by atoms with Gasteiger partial charge in [0.25, 0.3) is 11.5 Å². The molecule has 178 valence electrons. The van der Waals surface area contributed by atoms with E-state index in [0.29, 0.717) is 23.1 Å². The van der Waals surface area contributed by atoms with Crippen molar-refractivity contribution in [3.05, 3.63) is 70.5 Å². The molecular formula is C24H27N5O5. The average Bonchev–Trinajstić information content (AvgIpc) is 3.37. The van der Waals surface area contributed by atoms with E-state index in [-0.39, 0.29) is 30.1 Å². The van der Waals surface area contributed by atoms with E-state index in [0.717, 1.165) is 19.3 Å². The van der Waals surface area contributed by atoms with E-state index < -0.39 is 11.8 Å². The zero-order chi connectivity index (χ0) is 24.3. The van der Waals surface area contributed by atoms with E-state index in [2.05, 4.69) is 28.2 Å². The van der Waals surface area contributed by atoms with Gasteiger partial charge in [-0.05, 0) is 30.7 Å². The fraction of sp³-hybridized carbons (Fsp3) is 0.292. The van der Waals surface area contributed by atoms with E-state index in [1.54, 1.807) is 36.4 Å². The second kappa shape index (κ2) is 12.1. The molecule has 0 atom stereocenters. The summed E-state index contributed by atoms with van der Waals surface area (Å²) in [6, 6.07) is 10.1. The molecule has 3 rings (SSSR count). The van der Waals surface area contributed by atoms with Gasteiger partial charge in [-0.15, -0.1) is 0 Å². The maximum Gasteiger partial charge on any atom is 0.290 e. The van der Waals surface area contributed by atoms with Crippen LogP contribution in [0.4, 0.5) is 0 Å². The van der Waals surface area contributed by atoms with Crippen molar-refractivity contribution in [3.63, 3.8) is 0 Å². The van der Waals surface area contributed by atoms with Crippen LogP contribution in [0.3, 0.4) is 0 Å². The number of rotatable bonds is 10. The number of furan rings is 1. The molecule has 3 aromatic rings. The van der Waals surface area contributed by atoms with E-state index in [1.165, 1.54) is 23.1 Å². The Hall–Kier alpha value is -4.21. The van der Waals surface area contributed by atoms with Gasteiger partial charge in [0.1, 0.15) is 5.76 Å². The Morgan fingerprint density at radius 1 is 1.06 bits per heavy atom. The summed E-state index contributed by atoms with van der Waals surface area (Å²) < 4.78 is 6.38. The number of nitrogens with zero attached hydrogens (tertiary/aromatic N) is 2. The number of aryl methyl sites for hydroxylation is 1. The van der Waals surface area contributed by atoms with Gasteiger partial charge in [0.05, 0.1) is 11.6 Å². The highest BCUT2D eigenvalue weighted by atomic mass is 16.3. The van der Waals surface area contributed by atoms with Crippen LogP contribution in [0.25, 0.3) is 16.8 Å². The number of unbranched alkanes of at least 4 members (excludes halogenated alkanes) is 2. The van der Waals surface area contributed by atoms with E-state index in [1.807, 2.05) is 0 Å². The van der Waals surface area contributed by atoms with Gasteiger partial charge in [-0.1, -0.05) is 38.0 Å². The second-order valence-electron chi connectivity index (χ2n) is 7.52. The van der Waals surface area contributed by atoms with Crippen LogP contribution in [0.15, 0.2) is 57.9 Å². The first-order valence-electron chi connectivity index (χ1n) is 11.1. The standard InChI is InChI=1S/C24H27N5O5/c1-2-3-6-15-29-24(33)19-10-5-4-9-18(19)22(28-29)23(32)27-26-21(31)13-14-25-20(30)12-11-17-8-7-16-34-17/h4-5,7-12,16H,2-3,6,13-15H2,1H3,(H,25,30)(H,26,31)(H,27,32)/b12-11+. The fourth-order valence-corrected chi connectivity index (χ4v) is 3.22. The quantitative estimate of drug-likeness (QED) is 0.239. The lowest BCUT2D eigenvalue weighted by atomic mass is 10.1. The summed E-state index contributed by atoms with van der Waals surface area (Å²) in [5.41, 5.74) is 4.43. The summed E-state index contributed by atoms with van der Waals surface area (Å²) in [6.07, 6.45) is 6.94. The molecule has 0 unspecified atom stereocenters. The van der Waals surface area contributed by atoms with Crippen molar-refractivity contribution in [2.45, 2.75) is 39.2 Å². The molecular weight excluding hydrogens is 438 g/mol. The zero-order valence-electron chi connectivity index (χ0n) is 18.9. The van der Waals surface area contributed by atoms with Crippen molar-refractivity contribution in [2.75, 3.05) is 6.54 Å². The van der Waals surface area contributed by atoms with E-state index in [4.69, 9.17) is 4.42 Å². The number of benzene rings is 1. The second-order valence-corrected chi connectivity index (χ2v) is 7.52. The summed E-state index contributed by atoms with van der Waals surface area (Å²) >= 11 is 0. The van der Waals surface area contributed by atoms with Gasteiger partial charge < -0.3 is 9.73 Å². The zero-order valence-corrected chi connectivity index (χ0v) is 18.9. The molecule has 0 bridgehead atoms. The van der Waals surface area contributed by atoms with E-state index in [9.17, 15) is 19.2 Å². The highest BCUT2D eigenvalue weighted by molar-refractivity contribution is 6.05. The molecule has 0 fully saturated rings. The van der Waals surface area contributed by atoms with E-state index >= 15 is 0 Å². The minimum Gasteiger partial charge on any atom is -0.465 e. The summed E-state index contributed by atoms with van der Waals surface area (Å²) in [7, 11) is 0. The Labute approximate surface area is 196 Å². The number of nitrogens with one attached hydrogen (secondary N) is 3. The van der Waals surface area contributed by atoms with Crippen LogP contribution in [0.5, 0.6) is 0 Å². The molecule has 1 aromatic carbocycles. The average molecular weight is 466 g/mol. The highest BCUT2D eigenvalue weighted by Crippen LogP contribution is 2.13. The topological polar surface area (TPSA) is 135 Å². The van der Waals surface area contributed by atoms with Crippen LogP contribution >= 0.6 is 0 Å². The Kier molecular flexibility index (Phi) is 8.73. The normalized spacial score (nSPS) is 11.0. The molecule has 3 N–H and O–H groups in total. The number of aromatic nitrogens is 2. The lowest BCUT2D eigenvalue weighted by molar-refractivity contribution is -0.122. The molecule has 10 nitrogen and oxygen atoms in total. The van der Waals surface area contributed by atoms with Gasteiger partial charge in [-0.3, -0.25) is 30.0 Å². The molecule has 0 aliphatic rings. The molecule has 2 heterocycles. The number of hydrogen-bond donors (Lipinski definition) is 3. The highest BCUT2D eigenvalue weighted by Gasteiger charge is 2.17. The van der Waals surface area contributed by atoms with Crippen LogP contribution in [0.1, 0.15) is 48.9 Å². The third-order valence-electron chi connectivity index (χ3n) is 4.97. The first kappa shape index (κ1) is 24.4. The SMILES string of the molecule is CCCCCn1nc(C(=O)NNC(=O)CCNC(=O)/C=C/c2ccco2)c2ccccc2c1=O. The Morgan fingerprint density at radius 3 is 2.59 bits per heavy atom. The summed E-state index contributed by atoms with van der Waals surface area (Å²) in [6.45, 7) is 2.53. The molecule has 2 aromatic heterocycles. The lowest BCUT2D eigenvalue weighted by Crippen LogP contribution is -2.43. The summed E-state index contributed by atoms with van der Waals surface area (Å²) in [5.74, 6) is -0.980. The number of amides is 3. The predicted molar refractivity (Wildman–Crippen MR) is 127 cm³/mol. The van der Waals surface area contributed by atoms with Crippen molar-refractivity contribution in [2.24, 2.45) is 0 Å². The van der Waals surface area contributed by atoms with Crippen LogP contribution in [0, 0.1) is 0 Å². The van der Waals surface area contributed by atoms with Crippen molar-refractivity contribution in [1.82, 2.24) is 25.9 Å². The maximum atomic E-state index is 12.7. The van der Waals surface area contributed by atoms with Gasteiger partial charge in [0.2, 0.25) is 11.8 Å². The first-order valence-corrected chi connectivity index (χ1v) is 11.1. The third kappa shape index (κ3) is 6.64. The smallest absolute Gasteiger partial charge is 0.290 e. The Morgan fingerprint density at radius 2 is 1.85 bits per heavy atom. The minimum absolute atomic E-state index is 0.0448. The number of fused-ring (bicyclic) bond motifs is 1. The Balaban J connectivity index is 1.56. The molecule has 34 heavy (non-hydrogen) atoms. The monoisotopic (exact) mass is 465 g/mol. The lowest BCUT2D eigenvalue weighted by Gasteiger charge is -2.12. The van der Waals surface area contributed by atoms with Crippen molar-refractivity contribution in [1.29, 1.82) is 0 Å². The number of carbonyl (C=O) groups excluding carboxylic acids is 3. The number of hydrazine groups is 1. The van der Waals surface area contributed by atoms with Crippen LogP contribution in [-0.4, -0.2) is 34.0 Å². The van der Waals surface area contributed by atoms with Gasteiger partial charge in [0, 0.05) is 31.0 Å². The van der Waals surface area contributed by atoms with Crippen LogP contribution in [-0.2, 0) is 16.1 Å². The van der Waals surface area contributed by atoms with Crippen LogP contribution < -0.4 is 21.7 Å². The van der Waals surface area contributed by atoms with Crippen molar-refractivity contribution < 1.29 is 18.8 Å². The molecule has 0 spiro atoms. The Bertz CT molecular complexity index is 1230. The molecule has 0 saturated carbocycles. The van der Waals surface area contributed by atoms with Crippen LogP contribution in [0.2, 0.25) is 0 Å². The maximum absolute atomic E-state index is 12.7. The largest absolute Gasteiger partial charge is 0.465 e. The minimum atomic E-state index is -0.640. The first-order chi connectivity index (χ1) is 16.5. The molecule has 0 saturated heterocycles. The van der Waals surface area contributed by atoms with Gasteiger partial charge in [-0.2, -0.15) is 5.10 Å². The third-order valence-corrected chi connectivity index (χ3v) is 4.97.